The van der Waals surface area contributed by atoms with Gasteiger partial charge in [0, 0.05) is 12.6 Å². The van der Waals surface area contributed by atoms with E-state index < -0.39 is 0 Å². The number of nitrogens with one attached hydrogen (secondary N) is 1. The highest BCUT2D eigenvalue weighted by Crippen LogP contribution is 2.33. The summed E-state index contributed by atoms with van der Waals surface area (Å²) in [6, 6.07) is 6.69. The van der Waals surface area contributed by atoms with Crippen LogP contribution in [0.25, 0.3) is 11.3 Å². The first kappa shape index (κ1) is 15.3. The van der Waals surface area contributed by atoms with E-state index in [4.69, 9.17) is 0 Å². The van der Waals surface area contributed by atoms with Crippen molar-refractivity contribution in [2.24, 2.45) is 7.05 Å². The molecule has 0 unspecified atom stereocenters. The van der Waals surface area contributed by atoms with E-state index in [1.165, 1.54) is 16.7 Å². The minimum absolute atomic E-state index is 0.526. The first-order valence-electron chi connectivity index (χ1n) is 6.92. The summed E-state index contributed by atoms with van der Waals surface area (Å²) in [4.78, 5) is 4.61. The maximum Gasteiger partial charge on any atom is 0.132 e. The van der Waals surface area contributed by atoms with Gasteiger partial charge in [-0.3, -0.25) is 0 Å². The summed E-state index contributed by atoms with van der Waals surface area (Å²) in [5.74, 6) is 1.56. The summed E-state index contributed by atoms with van der Waals surface area (Å²) in [7, 11) is 4.01. The fraction of sp³-hybridized carbons (Fsp3) is 0.438. The minimum atomic E-state index is 0.526. The summed E-state index contributed by atoms with van der Waals surface area (Å²) < 4.78 is 3.07. The first-order chi connectivity index (χ1) is 9.45. The van der Waals surface area contributed by atoms with E-state index in [-0.39, 0.29) is 0 Å². The average Bonchev–Trinajstić information content (AvgIpc) is 2.66. The summed E-state index contributed by atoms with van der Waals surface area (Å²) in [6.07, 6.45) is 0. The van der Waals surface area contributed by atoms with E-state index in [2.05, 4.69) is 76.8 Å². The Morgan fingerprint density at radius 1 is 1.35 bits per heavy atom. The van der Waals surface area contributed by atoms with Crippen LogP contribution in [0.3, 0.4) is 0 Å². The van der Waals surface area contributed by atoms with Crippen LogP contribution < -0.4 is 5.32 Å². The van der Waals surface area contributed by atoms with Gasteiger partial charge < -0.3 is 9.88 Å². The molecule has 2 aromatic rings. The average molecular weight is 336 g/mol. The van der Waals surface area contributed by atoms with Crippen molar-refractivity contribution < 1.29 is 0 Å². The van der Waals surface area contributed by atoms with Crippen molar-refractivity contribution in [3.8, 4) is 11.3 Å². The van der Waals surface area contributed by atoms with Gasteiger partial charge in [0.15, 0.2) is 0 Å². The molecule has 0 radical (unpaired) electrons. The highest BCUT2D eigenvalue weighted by atomic mass is 79.9. The van der Waals surface area contributed by atoms with Gasteiger partial charge >= 0.3 is 0 Å². The zero-order valence-corrected chi connectivity index (χ0v) is 14.4. The number of halogens is 1. The normalized spacial score (nSPS) is 11.3. The summed E-state index contributed by atoms with van der Waals surface area (Å²) in [5, 5.41) is 3.16. The summed E-state index contributed by atoms with van der Waals surface area (Å²) in [6.45, 7) is 7.35. The van der Waals surface area contributed by atoms with Gasteiger partial charge in [-0.25, -0.2) is 4.98 Å². The van der Waals surface area contributed by atoms with E-state index in [1.807, 2.05) is 7.05 Å². The summed E-state index contributed by atoms with van der Waals surface area (Å²) in [5.41, 5.74) is 5.03. The lowest BCUT2D eigenvalue weighted by Gasteiger charge is -2.13. The lowest BCUT2D eigenvalue weighted by Crippen LogP contribution is -2.10. The molecule has 0 atom stereocenters. The molecule has 1 aromatic heterocycles. The van der Waals surface area contributed by atoms with Gasteiger partial charge in [0.1, 0.15) is 10.4 Å². The van der Waals surface area contributed by atoms with Crippen LogP contribution >= 0.6 is 15.9 Å². The second-order valence-electron chi connectivity index (χ2n) is 5.49. The van der Waals surface area contributed by atoms with Crippen molar-refractivity contribution in [2.75, 3.05) is 7.05 Å². The first-order valence-corrected chi connectivity index (χ1v) is 7.71. The molecule has 0 aliphatic heterocycles. The molecule has 0 fully saturated rings. The van der Waals surface area contributed by atoms with E-state index in [1.54, 1.807) is 0 Å². The maximum atomic E-state index is 4.61. The van der Waals surface area contributed by atoms with E-state index in [0.717, 1.165) is 22.7 Å². The van der Waals surface area contributed by atoms with Gasteiger partial charge in [0.25, 0.3) is 0 Å². The van der Waals surface area contributed by atoms with Crippen LogP contribution in [-0.2, 0) is 13.6 Å². The van der Waals surface area contributed by atoms with Crippen LogP contribution in [0.5, 0.6) is 0 Å². The number of hydrogen-bond acceptors (Lipinski definition) is 2. The molecule has 0 aliphatic rings. The largest absolute Gasteiger partial charge is 0.329 e. The van der Waals surface area contributed by atoms with Crippen molar-refractivity contribution in [2.45, 2.75) is 33.2 Å². The molecule has 20 heavy (non-hydrogen) atoms. The number of rotatable bonds is 4. The smallest absolute Gasteiger partial charge is 0.132 e. The molecule has 108 valence electrons. The number of aryl methyl sites for hydroxylation is 1. The fourth-order valence-electron chi connectivity index (χ4n) is 2.37. The Balaban J connectivity index is 2.59. The van der Waals surface area contributed by atoms with Gasteiger partial charge in [-0.15, -0.1) is 0 Å². The molecular weight excluding hydrogens is 314 g/mol. The van der Waals surface area contributed by atoms with Gasteiger partial charge in [0.2, 0.25) is 0 Å². The lowest BCUT2D eigenvalue weighted by molar-refractivity contribution is 0.711. The Morgan fingerprint density at radius 2 is 2.05 bits per heavy atom. The Bertz CT molecular complexity index is 614. The van der Waals surface area contributed by atoms with E-state index in [0.29, 0.717) is 5.92 Å². The Labute approximate surface area is 129 Å². The topological polar surface area (TPSA) is 29.9 Å². The molecule has 3 nitrogen and oxygen atoms in total. The molecule has 0 saturated carbocycles. The molecule has 0 amide bonds. The fourth-order valence-corrected chi connectivity index (χ4v) is 3.05. The zero-order chi connectivity index (χ0) is 14.9. The Kier molecular flexibility index (Phi) is 4.66. The van der Waals surface area contributed by atoms with Crippen LogP contribution in [0.1, 0.15) is 36.7 Å². The molecule has 0 spiro atoms. The standard InChI is InChI=1S/C16H22BrN3/c1-10(2)12-7-6-11(3)13(8-12)15-16(17)19-14(9-18-4)20(15)5/h6-8,10,18H,9H2,1-5H3. The van der Waals surface area contributed by atoms with Crippen molar-refractivity contribution in [3.63, 3.8) is 0 Å². The number of imidazole rings is 1. The second-order valence-corrected chi connectivity index (χ2v) is 6.24. The Hall–Kier alpha value is -1.13. The zero-order valence-electron chi connectivity index (χ0n) is 12.8. The predicted octanol–water partition coefficient (Wildman–Crippen LogP) is 4.00. The summed E-state index contributed by atoms with van der Waals surface area (Å²) >= 11 is 3.61. The monoisotopic (exact) mass is 335 g/mol. The van der Waals surface area contributed by atoms with Gasteiger partial charge in [-0.05, 0) is 53.0 Å². The van der Waals surface area contributed by atoms with Crippen LogP contribution in [0, 0.1) is 6.92 Å². The second kappa shape index (κ2) is 6.10. The molecule has 0 bridgehead atoms. The van der Waals surface area contributed by atoms with Crippen LogP contribution in [0.2, 0.25) is 0 Å². The highest BCUT2D eigenvalue weighted by molar-refractivity contribution is 9.10. The molecule has 1 heterocycles. The molecular formula is C16H22BrN3. The van der Waals surface area contributed by atoms with E-state index in [9.17, 15) is 0 Å². The van der Waals surface area contributed by atoms with Crippen LogP contribution in [-0.4, -0.2) is 16.6 Å². The third-order valence-corrected chi connectivity index (χ3v) is 4.22. The minimum Gasteiger partial charge on any atom is -0.329 e. The number of aromatic nitrogens is 2. The quantitative estimate of drug-likeness (QED) is 0.915. The van der Waals surface area contributed by atoms with Crippen LogP contribution in [0.4, 0.5) is 0 Å². The van der Waals surface area contributed by atoms with Crippen molar-refractivity contribution in [1.82, 2.24) is 14.9 Å². The molecule has 0 saturated heterocycles. The van der Waals surface area contributed by atoms with Gasteiger partial charge in [-0.1, -0.05) is 26.0 Å². The SMILES string of the molecule is CNCc1nc(Br)c(-c2cc(C(C)C)ccc2C)n1C. The van der Waals surface area contributed by atoms with Crippen molar-refractivity contribution >= 4 is 15.9 Å². The lowest BCUT2D eigenvalue weighted by atomic mass is 9.96. The molecule has 2 rings (SSSR count). The number of hydrogen-bond donors (Lipinski definition) is 1. The molecule has 0 aliphatic carbocycles. The van der Waals surface area contributed by atoms with Gasteiger partial charge in [0.05, 0.1) is 12.2 Å². The maximum absolute atomic E-state index is 4.61. The van der Waals surface area contributed by atoms with E-state index >= 15 is 0 Å². The predicted molar refractivity (Wildman–Crippen MR) is 87.9 cm³/mol. The number of nitrogens with zero attached hydrogens (tertiary/aromatic N) is 2. The molecule has 1 N–H and O–H groups in total. The molecule has 4 heteroatoms. The third-order valence-electron chi connectivity index (χ3n) is 3.66. The van der Waals surface area contributed by atoms with Crippen LogP contribution in [0.15, 0.2) is 22.8 Å². The van der Waals surface area contributed by atoms with Crippen molar-refractivity contribution in [3.05, 3.63) is 39.8 Å². The number of benzene rings is 1. The van der Waals surface area contributed by atoms with Crippen molar-refractivity contribution in [1.29, 1.82) is 0 Å². The highest BCUT2D eigenvalue weighted by Gasteiger charge is 2.16. The Morgan fingerprint density at radius 3 is 2.65 bits per heavy atom. The molecule has 1 aromatic carbocycles. The third kappa shape index (κ3) is 2.81. The van der Waals surface area contributed by atoms with Gasteiger partial charge in [-0.2, -0.15) is 0 Å².